The molecule has 2 aromatic rings. The Balaban J connectivity index is 1.79. The molecule has 1 saturated heterocycles. The monoisotopic (exact) mass is 390 g/mol. The van der Waals surface area contributed by atoms with Crippen LogP contribution in [0.5, 0.6) is 11.5 Å². The SMILES string of the molecule is COc1ccc(Cc2ccccc2O[C@@H]2O[C@H](CO)[C@@](C)(O)[C@H](O)[C@H]2O)cc1. The van der Waals surface area contributed by atoms with Gasteiger partial charge < -0.3 is 34.6 Å². The van der Waals surface area contributed by atoms with Crippen molar-refractivity contribution in [1.82, 2.24) is 0 Å². The number of ether oxygens (including phenoxy) is 3. The number of para-hydroxylation sites is 1. The van der Waals surface area contributed by atoms with Crippen molar-refractivity contribution >= 4 is 0 Å². The third-order valence-electron chi connectivity index (χ3n) is 5.09. The lowest BCUT2D eigenvalue weighted by atomic mass is 9.86. The van der Waals surface area contributed by atoms with Crippen LogP contribution in [0.4, 0.5) is 0 Å². The first kappa shape index (κ1) is 20.6. The molecule has 152 valence electrons. The lowest BCUT2D eigenvalue weighted by molar-refractivity contribution is -0.308. The summed E-state index contributed by atoms with van der Waals surface area (Å²) in [6.07, 6.45) is -4.76. The van der Waals surface area contributed by atoms with Gasteiger partial charge in [0, 0.05) is 6.42 Å². The molecular weight excluding hydrogens is 364 g/mol. The highest BCUT2D eigenvalue weighted by Crippen LogP contribution is 2.32. The van der Waals surface area contributed by atoms with Crippen molar-refractivity contribution in [3.05, 3.63) is 59.7 Å². The van der Waals surface area contributed by atoms with E-state index in [1.54, 1.807) is 19.2 Å². The highest BCUT2D eigenvalue weighted by molar-refractivity contribution is 5.39. The van der Waals surface area contributed by atoms with E-state index in [2.05, 4.69) is 0 Å². The van der Waals surface area contributed by atoms with Crippen LogP contribution in [0.2, 0.25) is 0 Å². The zero-order valence-corrected chi connectivity index (χ0v) is 15.9. The number of benzene rings is 2. The molecule has 4 N–H and O–H groups in total. The molecular formula is C21H26O7. The minimum atomic E-state index is -1.80. The Labute approximate surface area is 163 Å². The fourth-order valence-corrected chi connectivity index (χ4v) is 3.24. The lowest BCUT2D eigenvalue weighted by Gasteiger charge is -2.45. The molecule has 1 aliphatic rings. The van der Waals surface area contributed by atoms with Crippen LogP contribution in [0.25, 0.3) is 0 Å². The predicted molar refractivity (Wildman–Crippen MR) is 101 cm³/mol. The smallest absolute Gasteiger partial charge is 0.229 e. The van der Waals surface area contributed by atoms with E-state index in [1.807, 2.05) is 36.4 Å². The first-order chi connectivity index (χ1) is 13.4. The van der Waals surface area contributed by atoms with E-state index in [-0.39, 0.29) is 0 Å². The van der Waals surface area contributed by atoms with Gasteiger partial charge in [-0.15, -0.1) is 0 Å². The van der Waals surface area contributed by atoms with Gasteiger partial charge in [0.05, 0.1) is 13.7 Å². The first-order valence-electron chi connectivity index (χ1n) is 9.09. The van der Waals surface area contributed by atoms with Gasteiger partial charge >= 0.3 is 0 Å². The van der Waals surface area contributed by atoms with Gasteiger partial charge in [-0.25, -0.2) is 0 Å². The molecule has 0 aromatic heterocycles. The molecule has 0 saturated carbocycles. The third kappa shape index (κ3) is 4.14. The van der Waals surface area contributed by atoms with Gasteiger partial charge in [-0.05, 0) is 36.2 Å². The largest absolute Gasteiger partial charge is 0.497 e. The molecule has 7 heteroatoms. The Morgan fingerprint density at radius 2 is 1.75 bits per heavy atom. The van der Waals surface area contributed by atoms with Crippen molar-refractivity contribution in [1.29, 1.82) is 0 Å². The molecule has 5 atom stereocenters. The van der Waals surface area contributed by atoms with Gasteiger partial charge in [0.25, 0.3) is 0 Å². The number of hydrogen-bond donors (Lipinski definition) is 4. The maximum absolute atomic E-state index is 10.3. The van der Waals surface area contributed by atoms with Crippen LogP contribution < -0.4 is 9.47 Å². The molecule has 2 aromatic carbocycles. The van der Waals surface area contributed by atoms with Crippen molar-refractivity contribution in [2.24, 2.45) is 0 Å². The lowest BCUT2D eigenvalue weighted by Crippen LogP contribution is -2.66. The summed E-state index contributed by atoms with van der Waals surface area (Å²) in [4.78, 5) is 0. The maximum atomic E-state index is 10.3. The molecule has 1 aliphatic heterocycles. The summed E-state index contributed by atoms with van der Waals surface area (Å²) in [6.45, 7) is 0.778. The van der Waals surface area contributed by atoms with Gasteiger partial charge in [-0.1, -0.05) is 30.3 Å². The van der Waals surface area contributed by atoms with E-state index in [9.17, 15) is 20.4 Å². The fraction of sp³-hybridized carbons (Fsp3) is 0.429. The van der Waals surface area contributed by atoms with Crippen LogP contribution in [-0.2, 0) is 11.2 Å². The molecule has 28 heavy (non-hydrogen) atoms. The Bertz CT molecular complexity index is 771. The topological polar surface area (TPSA) is 109 Å². The fourth-order valence-electron chi connectivity index (χ4n) is 3.24. The van der Waals surface area contributed by atoms with Crippen LogP contribution in [-0.4, -0.2) is 64.3 Å². The van der Waals surface area contributed by atoms with Crippen molar-refractivity contribution in [2.75, 3.05) is 13.7 Å². The Morgan fingerprint density at radius 3 is 2.39 bits per heavy atom. The van der Waals surface area contributed by atoms with E-state index >= 15 is 0 Å². The summed E-state index contributed by atoms with van der Waals surface area (Å²) < 4.78 is 16.5. The Morgan fingerprint density at radius 1 is 1.07 bits per heavy atom. The van der Waals surface area contributed by atoms with E-state index in [1.165, 1.54) is 6.92 Å². The molecule has 0 amide bonds. The second-order valence-electron chi connectivity index (χ2n) is 7.09. The molecule has 0 spiro atoms. The molecule has 0 unspecified atom stereocenters. The van der Waals surface area contributed by atoms with Crippen LogP contribution in [0.15, 0.2) is 48.5 Å². The molecule has 7 nitrogen and oxygen atoms in total. The summed E-state index contributed by atoms with van der Waals surface area (Å²) >= 11 is 0. The zero-order valence-electron chi connectivity index (χ0n) is 15.9. The highest BCUT2D eigenvalue weighted by Gasteiger charge is 2.52. The van der Waals surface area contributed by atoms with Crippen LogP contribution >= 0.6 is 0 Å². The summed E-state index contributed by atoms with van der Waals surface area (Å²) in [5, 5.41) is 40.3. The van der Waals surface area contributed by atoms with E-state index in [4.69, 9.17) is 14.2 Å². The number of rotatable bonds is 6. The average molecular weight is 390 g/mol. The Kier molecular flexibility index (Phi) is 6.22. The Hall–Kier alpha value is -2.16. The van der Waals surface area contributed by atoms with E-state index in [0.29, 0.717) is 12.2 Å². The number of aliphatic hydroxyl groups excluding tert-OH is 3. The first-order valence-corrected chi connectivity index (χ1v) is 9.09. The van der Waals surface area contributed by atoms with Gasteiger partial charge in [0.1, 0.15) is 35.4 Å². The van der Waals surface area contributed by atoms with Crippen LogP contribution in [0.3, 0.4) is 0 Å². The van der Waals surface area contributed by atoms with Crippen molar-refractivity contribution in [2.45, 2.75) is 43.5 Å². The standard InChI is InChI=1S/C21H26O7/c1-21(25)17(12-22)28-20(18(23)19(21)24)27-16-6-4-3-5-14(16)11-13-7-9-15(26-2)10-8-13/h3-10,17-20,22-25H,11-12H2,1-2H3/t17-,18-,19-,20-,21-/m1/s1. The molecule has 0 aliphatic carbocycles. The number of methoxy groups -OCH3 is 1. The van der Waals surface area contributed by atoms with E-state index in [0.717, 1.165) is 16.9 Å². The normalized spacial score (nSPS) is 30.1. The molecule has 1 fully saturated rings. The van der Waals surface area contributed by atoms with Gasteiger partial charge in [-0.2, -0.15) is 0 Å². The summed E-state index contributed by atoms with van der Waals surface area (Å²) in [6, 6.07) is 14.9. The maximum Gasteiger partial charge on any atom is 0.229 e. The minimum Gasteiger partial charge on any atom is -0.497 e. The average Bonchev–Trinajstić information content (AvgIpc) is 2.70. The minimum absolute atomic E-state index is 0.479. The quantitative estimate of drug-likeness (QED) is 0.579. The number of aliphatic hydroxyl groups is 4. The zero-order chi connectivity index (χ0) is 20.3. The molecule has 1 heterocycles. The third-order valence-corrected chi connectivity index (χ3v) is 5.09. The van der Waals surface area contributed by atoms with Crippen LogP contribution in [0, 0.1) is 0 Å². The van der Waals surface area contributed by atoms with Crippen molar-refractivity contribution in [3.8, 4) is 11.5 Å². The predicted octanol–water partition coefficient (Wildman–Crippen LogP) is 0.855. The summed E-state index contributed by atoms with van der Waals surface area (Å²) in [5.41, 5.74) is 0.102. The second kappa shape index (κ2) is 8.46. The van der Waals surface area contributed by atoms with E-state index < -0.39 is 36.8 Å². The van der Waals surface area contributed by atoms with Crippen molar-refractivity contribution < 1.29 is 34.6 Å². The molecule has 0 radical (unpaired) electrons. The molecule has 3 rings (SSSR count). The summed E-state index contributed by atoms with van der Waals surface area (Å²) in [5.74, 6) is 1.25. The van der Waals surface area contributed by atoms with Crippen LogP contribution in [0.1, 0.15) is 18.1 Å². The highest BCUT2D eigenvalue weighted by atomic mass is 16.7. The van der Waals surface area contributed by atoms with Gasteiger partial charge in [-0.3, -0.25) is 0 Å². The number of hydrogen-bond acceptors (Lipinski definition) is 7. The van der Waals surface area contributed by atoms with Crippen molar-refractivity contribution in [3.63, 3.8) is 0 Å². The summed E-state index contributed by atoms with van der Waals surface area (Å²) in [7, 11) is 1.61. The van der Waals surface area contributed by atoms with Gasteiger partial charge in [0.2, 0.25) is 6.29 Å². The molecule has 0 bridgehead atoms. The van der Waals surface area contributed by atoms with Gasteiger partial charge in [0.15, 0.2) is 0 Å². The second-order valence-corrected chi connectivity index (χ2v) is 7.09.